The zero-order chi connectivity index (χ0) is 27.5. The summed E-state index contributed by atoms with van der Waals surface area (Å²) in [4.78, 5) is 37.6. The Morgan fingerprint density at radius 1 is 0.929 bits per heavy atom. The molecule has 0 N–H and O–H groups in total. The Hall–Kier alpha value is -3.13. The lowest BCUT2D eigenvalue weighted by molar-refractivity contribution is -0.139. The van der Waals surface area contributed by atoms with Gasteiger partial charge in [0.15, 0.2) is 0 Å². The number of carbonyl (C=O) groups is 2. The summed E-state index contributed by atoms with van der Waals surface area (Å²) in [5.74, 6) is 1.86. The first kappa shape index (κ1) is 31.8. The summed E-state index contributed by atoms with van der Waals surface area (Å²) in [5, 5.41) is 0. The summed E-state index contributed by atoms with van der Waals surface area (Å²) in [5.41, 5.74) is 2.86. The van der Waals surface area contributed by atoms with E-state index in [2.05, 4.69) is 34.1 Å². The summed E-state index contributed by atoms with van der Waals surface area (Å²) >= 11 is 0. The highest BCUT2D eigenvalue weighted by atomic mass is 35.5. The molecule has 2 atom stereocenters. The maximum Gasteiger partial charge on any atom is 0.255 e. The van der Waals surface area contributed by atoms with Gasteiger partial charge >= 0.3 is 0 Å². The van der Waals surface area contributed by atoms with Crippen LogP contribution >= 0.6 is 24.8 Å². The van der Waals surface area contributed by atoms with E-state index >= 15 is 0 Å². The zero-order valence-electron chi connectivity index (χ0n) is 24.1. The first-order chi connectivity index (χ1) is 19.5. The highest BCUT2D eigenvalue weighted by molar-refractivity contribution is 5.94. The van der Waals surface area contributed by atoms with Crippen molar-refractivity contribution in [1.29, 1.82) is 0 Å². The minimum absolute atomic E-state index is 0. The Kier molecular flexibility index (Phi) is 10.5. The molecule has 3 aliphatic heterocycles. The molecule has 1 spiro atoms. The van der Waals surface area contributed by atoms with Crippen LogP contribution in [0.25, 0.3) is 0 Å². The van der Waals surface area contributed by atoms with Gasteiger partial charge in [0, 0.05) is 51.0 Å². The molecule has 0 bridgehead atoms. The lowest BCUT2D eigenvalue weighted by Gasteiger charge is -2.39. The third-order valence-corrected chi connectivity index (χ3v) is 9.30. The maximum atomic E-state index is 13.6. The van der Waals surface area contributed by atoms with Crippen molar-refractivity contribution in [2.45, 2.75) is 31.7 Å². The highest BCUT2D eigenvalue weighted by Gasteiger charge is 2.48. The molecular weight excluding hydrogens is 571 g/mol. The first-order valence-corrected chi connectivity index (χ1v) is 14.4. The second kappa shape index (κ2) is 13.9. The number of benzene rings is 2. The molecule has 7 nitrogen and oxygen atoms in total. The monoisotopic (exact) mass is 610 g/mol. The molecule has 0 saturated carbocycles. The molecule has 3 fully saturated rings. The van der Waals surface area contributed by atoms with E-state index in [9.17, 15) is 9.59 Å². The molecule has 1 aromatic heterocycles. The van der Waals surface area contributed by atoms with Crippen molar-refractivity contribution in [2.75, 3.05) is 46.4 Å². The number of piperidine rings is 1. The Morgan fingerprint density at radius 3 is 2.31 bits per heavy atom. The first-order valence-electron chi connectivity index (χ1n) is 14.4. The topological polar surface area (TPSA) is 66.0 Å². The van der Waals surface area contributed by atoms with Crippen LogP contribution in [0.3, 0.4) is 0 Å². The number of rotatable bonds is 7. The molecule has 2 unspecified atom stereocenters. The number of hydrogen-bond acceptors (Lipinski definition) is 5. The average Bonchev–Trinajstić information content (AvgIpc) is 3.56. The van der Waals surface area contributed by atoms with Crippen LogP contribution in [0.1, 0.15) is 46.7 Å². The van der Waals surface area contributed by atoms with E-state index in [1.807, 2.05) is 52.3 Å². The minimum Gasteiger partial charge on any atom is -0.497 e. The Balaban J connectivity index is 0.00000202. The molecule has 224 valence electrons. The third kappa shape index (κ3) is 6.59. The highest BCUT2D eigenvalue weighted by Crippen LogP contribution is 2.43. The third-order valence-electron chi connectivity index (χ3n) is 9.30. The van der Waals surface area contributed by atoms with E-state index in [1.54, 1.807) is 19.5 Å². The summed E-state index contributed by atoms with van der Waals surface area (Å²) in [7, 11) is 1.67. The molecule has 4 heterocycles. The molecule has 42 heavy (non-hydrogen) atoms. The number of ether oxygens (including phenoxy) is 1. The predicted molar refractivity (Wildman–Crippen MR) is 168 cm³/mol. The summed E-state index contributed by atoms with van der Waals surface area (Å²) in [6, 6.07) is 22.3. The predicted octanol–water partition coefficient (Wildman–Crippen LogP) is 5.30. The van der Waals surface area contributed by atoms with Crippen molar-refractivity contribution in [3.63, 3.8) is 0 Å². The lowest BCUT2D eigenvalue weighted by Crippen LogP contribution is -2.46. The summed E-state index contributed by atoms with van der Waals surface area (Å²) in [6.07, 6.45) is 6.12. The number of nitrogens with zero attached hydrogens (tertiary/aromatic N) is 4. The van der Waals surface area contributed by atoms with Crippen LogP contribution in [0, 0.1) is 11.3 Å². The molecule has 2 aromatic carbocycles. The molecule has 3 saturated heterocycles. The second-order valence-corrected chi connectivity index (χ2v) is 11.6. The summed E-state index contributed by atoms with van der Waals surface area (Å²) in [6.45, 7) is 5.75. The van der Waals surface area contributed by atoms with Gasteiger partial charge in [-0.2, -0.15) is 0 Å². The molecule has 0 aliphatic carbocycles. The van der Waals surface area contributed by atoms with Gasteiger partial charge in [-0.05, 0) is 73.7 Å². The molecule has 9 heteroatoms. The lowest BCUT2D eigenvalue weighted by atomic mass is 9.76. The van der Waals surface area contributed by atoms with Crippen LogP contribution in [0.4, 0.5) is 0 Å². The van der Waals surface area contributed by atoms with Gasteiger partial charge in [0.1, 0.15) is 5.75 Å². The number of pyridine rings is 1. The van der Waals surface area contributed by atoms with E-state index in [-0.39, 0.29) is 36.1 Å². The van der Waals surface area contributed by atoms with Crippen molar-refractivity contribution in [3.8, 4) is 5.75 Å². The molecule has 3 aliphatic rings. The van der Waals surface area contributed by atoms with Crippen molar-refractivity contribution in [1.82, 2.24) is 19.7 Å². The van der Waals surface area contributed by atoms with Gasteiger partial charge in [-0.15, -0.1) is 24.8 Å². The molecule has 3 aromatic rings. The van der Waals surface area contributed by atoms with Crippen LogP contribution in [-0.4, -0.2) is 77.9 Å². The van der Waals surface area contributed by atoms with Crippen molar-refractivity contribution >= 4 is 36.6 Å². The normalized spacial score (nSPS) is 21.6. The van der Waals surface area contributed by atoms with Crippen LogP contribution in [-0.2, 0) is 11.3 Å². The number of carbonyl (C=O) groups excluding carboxylic acids is 2. The number of amides is 2. The van der Waals surface area contributed by atoms with Crippen LogP contribution in [0.5, 0.6) is 5.75 Å². The van der Waals surface area contributed by atoms with E-state index in [4.69, 9.17) is 4.74 Å². The van der Waals surface area contributed by atoms with Gasteiger partial charge in [0.05, 0.1) is 18.1 Å². The van der Waals surface area contributed by atoms with Gasteiger partial charge in [0.25, 0.3) is 5.91 Å². The molecular formula is C33H40Cl2N4O3. The number of aromatic nitrogens is 1. The second-order valence-electron chi connectivity index (χ2n) is 11.6. The van der Waals surface area contributed by atoms with E-state index in [1.165, 1.54) is 5.56 Å². The van der Waals surface area contributed by atoms with Crippen LogP contribution < -0.4 is 4.74 Å². The number of likely N-dealkylation sites (tertiary alicyclic amines) is 3. The van der Waals surface area contributed by atoms with Crippen molar-refractivity contribution in [2.24, 2.45) is 11.3 Å². The molecule has 0 radical (unpaired) electrons. The smallest absolute Gasteiger partial charge is 0.255 e. The number of hydrogen-bond donors (Lipinski definition) is 0. The fourth-order valence-corrected chi connectivity index (χ4v) is 6.93. The Bertz CT molecular complexity index is 1320. The standard InChI is InChI=1S/C33H38N4O3.2ClH/c1-40-29-11-9-25(10-12-29)21-36-19-15-33(32(36)39)13-17-35(18-14-33)22-28-23-37(31(38)27-8-5-16-34-20-27)24-30(28)26-6-3-2-4-7-26;;/h2-12,16,20,28,30H,13-15,17-19,21-24H2,1H3;2*1H. The number of halogens is 2. The van der Waals surface area contributed by atoms with Gasteiger partial charge in [-0.3, -0.25) is 14.6 Å². The fraction of sp³-hybridized carbons (Fsp3) is 0.424. The van der Waals surface area contributed by atoms with Crippen molar-refractivity contribution in [3.05, 3.63) is 95.8 Å². The van der Waals surface area contributed by atoms with Gasteiger partial charge in [-0.1, -0.05) is 42.5 Å². The van der Waals surface area contributed by atoms with E-state index in [0.717, 1.165) is 69.8 Å². The Morgan fingerprint density at radius 2 is 1.64 bits per heavy atom. The van der Waals surface area contributed by atoms with E-state index < -0.39 is 0 Å². The van der Waals surface area contributed by atoms with Gasteiger partial charge < -0.3 is 19.4 Å². The average molecular weight is 612 g/mol. The van der Waals surface area contributed by atoms with Crippen LogP contribution in [0.15, 0.2) is 79.1 Å². The summed E-state index contributed by atoms with van der Waals surface area (Å²) < 4.78 is 5.27. The molecule has 2 amide bonds. The van der Waals surface area contributed by atoms with Gasteiger partial charge in [0.2, 0.25) is 5.91 Å². The Labute approximate surface area is 261 Å². The largest absolute Gasteiger partial charge is 0.497 e. The quantitative estimate of drug-likeness (QED) is 0.363. The van der Waals surface area contributed by atoms with Gasteiger partial charge in [-0.25, -0.2) is 0 Å². The van der Waals surface area contributed by atoms with Crippen molar-refractivity contribution < 1.29 is 14.3 Å². The SMILES string of the molecule is COc1ccc(CN2CCC3(CCN(CC4CN(C(=O)c5cccnc5)CC4c4ccccc4)CC3)C2=O)cc1.Cl.Cl. The fourth-order valence-electron chi connectivity index (χ4n) is 6.93. The molecule has 6 rings (SSSR count). The number of methoxy groups -OCH3 is 1. The minimum atomic E-state index is -0.222. The van der Waals surface area contributed by atoms with Crippen LogP contribution in [0.2, 0.25) is 0 Å². The van der Waals surface area contributed by atoms with E-state index in [0.29, 0.717) is 29.9 Å². The zero-order valence-corrected chi connectivity index (χ0v) is 25.7. The maximum absolute atomic E-state index is 13.6.